The number of nitrogens with zero attached hydrogens (tertiary/aromatic N) is 1. The summed E-state index contributed by atoms with van der Waals surface area (Å²) in [4.78, 5) is 13.5. The minimum Gasteiger partial charge on any atom is -0.331 e. The molecule has 2 aliphatic rings. The third-order valence-electron chi connectivity index (χ3n) is 2.72. The monoisotopic (exact) mass is 175 g/mol. The summed E-state index contributed by atoms with van der Waals surface area (Å²) in [6.07, 6.45) is 6.80. The second-order valence-corrected chi connectivity index (χ2v) is 3.62. The maximum atomic E-state index is 11.6. The molecule has 68 valence electrons. The van der Waals surface area contributed by atoms with Crippen LogP contribution in [0.15, 0.2) is 37.0 Å². The normalized spacial score (nSPS) is 29.8. The van der Waals surface area contributed by atoms with Gasteiger partial charge in [0.05, 0.1) is 12.0 Å². The third-order valence-corrected chi connectivity index (χ3v) is 2.72. The van der Waals surface area contributed by atoms with E-state index in [1.54, 1.807) is 6.08 Å². The van der Waals surface area contributed by atoms with Crippen LogP contribution in [0.2, 0.25) is 0 Å². The van der Waals surface area contributed by atoms with Gasteiger partial charge in [-0.1, -0.05) is 31.4 Å². The summed E-state index contributed by atoms with van der Waals surface area (Å²) in [5.74, 6) is 0.387. The fourth-order valence-corrected chi connectivity index (χ4v) is 1.95. The van der Waals surface area contributed by atoms with Crippen molar-refractivity contribution in [3.8, 4) is 0 Å². The van der Waals surface area contributed by atoms with Crippen LogP contribution >= 0.6 is 0 Å². The number of hydrogen-bond acceptors (Lipinski definition) is 1. The van der Waals surface area contributed by atoms with E-state index < -0.39 is 0 Å². The topological polar surface area (TPSA) is 20.3 Å². The Hall–Kier alpha value is -1.31. The van der Waals surface area contributed by atoms with E-state index in [4.69, 9.17) is 0 Å². The number of fused-ring (bicyclic) bond motifs is 2. The SMILES string of the molecule is C=CC(=C)CN1C(=O)C2C=CC1C2. The summed E-state index contributed by atoms with van der Waals surface area (Å²) < 4.78 is 0. The van der Waals surface area contributed by atoms with Crippen molar-refractivity contribution in [1.29, 1.82) is 0 Å². The van der Waals surface area contributed by atoms with Crippen LogP contribution < -0.4 is 0 Å². The minimum absolute atomic E-state index is 0.141. The highest BCUT2D eigenvalue weighted by atomic mass is 16.2. The van der Waals surface area contributed by atoms with E-state index >= 15 is 0 Å². The maximum Gasteiger partial charge on any atom is 0.230 e. The minimum atomic E-state index is 0.141. The highest BCUT2D eigenvalue weighted by molar-refractivity contribution is 5.85. The number of likely N-dealkylation sites (tertiary alicyclic amines) is 1. The molecular formula is C11H13NO. The molecule has 0 spiro atoms. The molecule has 2 bridgehead atoms. The van der Waals surface area contributed by atoms with Gasteiger partial charge in [0.15, 0.2) is 0 Å². The molecule has 0 aromatic heterocycles. The van der Waals surface area contributed by atoms with Crippen LogP contribution in [0.25, 0.3) is 0 Å². The van der Waals surface area contributed by atoms with Crippen LogP contribution in [0.1, 0.15) is 6.42 Å². The van der Waals surface area contributed by atoms with Crippen molar-refractivity contribution in [2.24, 2.45) is 5.92 Å². The first-order valence-electron chi connectivity index (χ1n) is 4.51. The first kappa shape index (κ1) is 8.30. The molecule has 2 unspecified atom stereocenters. The second-order valence-electron chi connectivity index (χ2n) is 3.62. The summed E-state index contributed by atoms with van der Waals surface area (Å²) in [5, 5.41) is 0. The molecule has 2 heteroatoms. The summed E-state index contributed by atoms with van der Waals surface area (Å²) >= 11 is 0. The van der Waals surface area contributed by atoms with Gasteiger partial charge in [0, 0.05) is 6.54 Å². The molecule has 1 aliphatic carbocycles. The molecule has 1 saturated heterocycles. The summed E-state index contributed by atoms with van der Waals surface area (Å²) in [6.45, 7) is 8.09. The average molecular weight is 175 g/mol. The Kier molecular flexibility index (Phi) is 1.83. The number of carbonyl (C=O) groups excluding carboxylic acids is 1. The highest BCUT2D eigenvalue weighted by Gasteiger charge is 2.40. The van der Waals surface area contributed by atoms with Crippen LogP contribution in [0.3, 0.4) is 0 Å². The van der Waals surface area contributed by atoms with E-state index in [-0.39, 0.29) is 11.8 Å². The third kappa shape index (κ3) is 1.22. The quantitative estimate of drug-likeness (QED) is 0.470. The lowest BCUT2D eigenvalue weighted by atomic mass is 10.1. The second kappa shape index (κ2) is 2.87. The van der Waals surface area contributed by atoms with Crippen molar-refractivity contribution in [3.05, 3.63) is 37.0 Å². The van der Waals surface area contributed by atoms with E-state index in [9.17, 15) is 4.79 Å². The molecule has 0 N–H and O–H groups in total. The fraction of sp³-hybridized carbons (Fsp3) is 0.364. The van der Waals surface area contributed by atoms with Crippen LogP contribution in [0.4, 0.5) is 0 Å². The van der Waals surface area contributed by atoms with E-state index in [2.05, 4.69) is 19.2 Å². The van der Waals surface area contributed by atoms with Crippen molar-refractivity contribution in [2.45, 2.75) is 12.5 Å². The lowest BCUT2D eigenvalue weighted by Gasteiger charge is -2.24. The van der Waals surface area contributed by atoms with Crippen molar-refractivity contribution in [2.75, 3.05) is 6.54 Å². The molecule has 1 fully saturated rings. The Balaban J connectivity index is 2.09. The predicted molar refractivity (Wildman–Crippen MR) is 52.1 cm³/mol. The van der Waals surface area contributed by atoms with Gasteiger partial charge in [0.2, 0.25) is 5.91 Å². The molecule has 0 aromatic carbocycles. The molecule has 1 heterocycles. The van der Waals surface area contributed by atoms with Crippen molar-refractivity contribution < 1.29 is 4.79 Å². The largest absolute Gasteiger partial charge is 0.331 e. The van der Waals surface area contributed by atoms with Crippen molar-refractivity contribution in [3.63, 3.8) is 0 Å². The van der Waals surface area contributed by atoms with Crippen molar-refractivity contribution in [1.82, 2.24) is 4.90 Å². The number of rotatable bonds is 3. The molecule has 13 heavy (non-hydrogen) atoms. The van der Waals surface area contributed by atoms with E-state index in [1.807, 2.05) is 11.0 Å². The molecule has 1 aliphatic heterocycles. The first-order chi connectivity index (χ1) is 6.22. The Labute approximate surface area is 78.2 Å². The molecule has 2 rings (SSSR count). The predicted octanol–water partition coefficient (Wildman–Crippen LogP) is 1.52. The molecule has 2 atom stereocenters. The van der Waals surface area contributed by atoms with Crippen LogP contribution in [0.5, 0.6) is 0 Å². The van der Waals surface area contributed by atoms with Gasteiger partial charge in [-0.2, -0.15) is 0 Å². The van der Waals surface area contributed by atoms with Crippen LogP contribution in [-0.2, 0) is 4.79 Å². The number of hydrogen-bond donors (Lipinski definition) is 0. The summed E-state index contributed by atoms with van der Waals surface area (Å²) in [5.41, 5.74) is 0.911. The van der Waals surface area contributed by atoms with E-state index in [0.717, 1.165) is 12.0 Å². The van der Waals surface area contributed by atoms with E-state index in [0.29, 0.717) is 12.6 Å². The zero-order valence-electron chi connectivity index (χ0n) is 7.57. The molecule has 0 aromatic rings. The Morgan fingerprint density at radius 2 is 2.46 bits per heavy atom. The molecule has 0 radical (unpaired) electrons. The van der Waals surface area contributed by atoms with E-state index in [1.165, 1.54) is 0 Å². The van der Waals surface area contributed by atoms with Crippen LogP contribution in [-0.4, -0.2) is 23.4 Å². The van der Waals surface area contributed by atoms with Gasteiger partial charge in [0.1, 0.15) is 0 Å². The van der Waals surface area contributed by atoms with Gasteiger partial charge in [0.25, 0.3) is 0 Å². The summed E-state index contributed by atoms with van der Waals surface area (Å²) in [7, 11) is 0. The average Bonchev–Trinajstić information content (AvgIpc) is 2.69. The standard InChI is InChI=1S/C11H13NO/c1-3-8(2)7-12-10-5-4-9(6-10)11(12)13/h3-5,9-10H,1-2,6-7H2. The lowest BCUT2D eigenvalue weighted by molar-refractivity contribution is -0.130. The molecular weight excluding hydrogens is 162 g/mol. The van der Waals surface area contributed by atoms with Gasteiger partial charge in [-0.15, -0.1) is 0 Å². The van der Waals surface area contributed by atoms with Gasteiger partial charge in [-0.3, -0.25) is 4.79 Å². The smallest absolute Gasteiger partial charge is 0.230 e. The van der Waals surface area contributed by atoms with Gasteiger partial charge >= 0.3 is 0 Å². The maximum absolute atomic E-state index is 11.6. The van der Waals surface area contributed by atoms with Gasteiger partial charge < -0.3 is 4.90 Å². The fourth-order valence-electron chi connectivity index (χ4n) is 1.95. The van der Waals surface area contributed by atoms with Gasteiger partial charge in [-0.25, -0.2) is 0 Å². The Morgan fingerprint density at radius 1 is 1.69 bits per heavy atom. The zero-order chi connectivity index (χ0) is 9.42. The number of carbonyl (C=O) groups is 1. The highest BCUT2D eigenvalue weighted by Crippen LogP contribution is 2.32. The van der Waals surface area contributed by atoms with Crippen molar-refractivity contribution >= 4 is 5.91 Å². The van der Waals surface area contributed by atoms with Gasteiger partial charge in [-0.05, 0) is 12.0 Å². The first-order valence-corrected chi connectivity index (χ1v) is 4.51. The number of amides is 1. The lowest BCUT2D eigenvalue weighted by Crippen LogP contribution is -2.35. The molecule has 2 nitrogen and oxygen atoms in total. The summed E-state index contributed by atoms with van der Waals surface area (Å²) in [6, 6.07) is 0.314. The zero-order valence-corrected chi connectivity index (χ0v) is 7.57. The Morgan fingerprint density at radius 3 is 3.00 bits per heavy atom. The Bertz CT molecular complexity index is 303. The molecule has 1 amide bonds. The van der Waals surface area contributed by atoms with Crippen LogP contribution in [0, 0.1) is 5.92 Å². The molecule has 0 saturated carbocycles.